The molecule has 1 N–H and O–H groups in total. The topological polar surface area (TPSA) is 12.0 Å². The maximum absolute atomic E-state index is 3.66. The van der Waals surface area contributed by atoms with Gasteiger partial charge in [0.25, 0.3) is 0 Å². The molecule has 0 saturated carbocycles. The minimum atomic E-state index is 0.468. The van der Waals surface area contributed by atoms with E-state index < -0.39 is 0 Å². The molecule has 1 unspecified atom stereocenters. The van der Waals surface area contributed by atoms with Gasteiger partial charge in [0.1, 0.15) is 0 Å². The van der Waals surface area contributed by atoms with Crippen LogP contribution in [0.4, 0.5) is 0 Å². The fourth-order valence-corrected chi connectivity index (χ4v) is 3.46. The zero-order valence-electron chi connectivity index (χ0n) is 10.4. The Labute approximate surface area is 112 Å². The summed E-state index contributed by atoms with van der Waals surface area (Å²) in [4.78, 5) is 1.44. The number of hydrogen-bond donors (Lipinski definition) is 1. The maximum atomic E-state index is 3.66. The summed E-state index contributed by atoms with van der Waals surface area (Å²) in [6.07, 6.45) is 2.28. The second kappa shape index (κ2) is 6.34. The highest BCUT2D eigenvalue weighted by molar-refractivity contribution is 7.10. The van der Waals surface area contributed by atoms with Crippen molar-refractivity contribution in [3.8, 4) is 0 Å². The van der Waals surface area contributed by atoms with Gasteiger partial charge in [-0.25, -0.2) is 0 Å². The van der Waals surface area contributed by atoms with E-state index in [9.17, 15) is 0 Å². The van der Waals surface area contributed by atoms with Crippen molar-refractivity contribution in [2.75, 3.05) is 6.54 Å². The Hall–Kier alpha value is -0.640. The van der Waals surface area contributed by atoms with Gasteiger partial charge in [-0.1, -0.05) is 6.92 Å². The second-order valence-electron chi connectivity index (χ2n) is 4.27. The predicted octanol–water partition coefficient (Wildman–Crippen LogP) is 4.40. The molecule has 1 nitrogen and oxygen atoms in total. The molecule has 0 bridgehead atoms. The van der Waals surface area contributed by atoms with E-state index in [1.807, 2.05) is 11.3 Å². The highest BCUT2D eigenvalue weighted by Gasteiger charge is 2.14. The van der Waals surface area contributed by atoms with Crippen molar-refractivity contribution in [1.82, 2.24) is 5.32 Å². The van der Waals surface area contributed by atoms with Crippen molar-refractivity contribution in [2.24, 2.45) is 0 Å². The van der Waals surface area contributed by atoms with Gasteiger partial charge in [0.15, 0.2) is 0 Å². The van der Waals surface area contributed by atoms with E-state index in [4.69, 9.17) is 0 Å². The summed E-state index contributed by atoms with van der Waals surface area (Å²) in [7, 11) is 0. The lowest BCUT2D eigenvalue weighted by Gasteiger charge is -2.18. The zero-order valence-corrected chi connectivity index (χ0v) is 12.0. The van der Waals surface area contributed by atoms with Crippen molar-refractivity contribution >= 4 is 22.7 Å². The van der Waals surface area contributed by atoms with Gasteiger partial charge < -0.3 is 5.32 Å². The molecule has 0 spiro atoms. The van der Waals surface area contributed by atoms with Gasteiger partial charge >= 0.3 is 0 Å². The third kappa shape index (κ3) is 3.41. The Morgan fingerprint density at radius 3 is 2.76 bits per heavy atom. The summed E-state index contributed by atoms with van der Waals surface area (Å²) >= 11 is 3.62. The fraction of sp³-hybridized carbons (Fsp3) is 0.429. The molecule has 2 aromatic heterocycles. The van der Waals surface area contributed by atoms with Crippen LogP contribution in [0.1, 0.15) is 35.4 Å². The smallest absolute Gasteiger partial charge is 0.0372 e. The molecular weight excluding hydrogens is 246 g/mol. The van der Waals surface area contributed by atoms with Crippen molar-refractivity contribution < 1.29 is 0 Å². The average molecular weight is 265 g/mol. The fourth-order valence-electron chi connectivity index (χ4n) is 2.01. The lowest BCUT2D eigenvalue weighted by atomic mass is 10.0. The molecule has 0 amide bonds. The number of rotatable bonds is 6. The van der Waals surface area contributed by atoms with Gasteiger partial charge in [-0.2, -0.15) is 11.3 Å². The van der Waals surface area contributed by atoms with Crippen LogP contribution in [0, 0.1) is 6.92 Å². The van der Waals surface area contributed by atoms with Crippen LogP contribution in [0.15, 0.2) is 28.3 Å². The van der Waals surface area contributed by atoms with Crippen LogP contribution in [-0.4, -0.2) is 6.54 Å². The zero-order chi connectivity index (χ0) is 12.1. The van der Waals surface area contributed by atoms with Crippen molar-refractivity contribution in [3.05, 3.63) is 44.3 Å². The number of nitrogens with one attached hydrogen (secondary N) is 1. The molecule has 0 radical (unpaired) electrons. The molecule has 1 atom stereocenters. The van der Waals surface area contributed by atoms with Crippen LogP contribution in [-0.2, 0) is 6.42 Å². The maximum Gasteiger partial charge on any atom is 0.0372 e. The van der Waals surface area contributed by atoms with Gasteiger partial charge in [-0.15, -0.1) is 11.3 Å². The van der Waals surface area contributed by atoms with Crippen molar-refractivity contribution in [3.63, 3.8) is 0 Å². The largest absolute Gasteiger partial charge is 0.310 e. The van der Waals surface area contributed by atoms with Crippen LogP contribution >= 0.6 is 22.7 Å². The lowest BCUT2D eigenvalue weighted by Crippen LogP contribution is -2.24. The Balaban J connectivity index is 2.11. The minimum Gasteiger partial charge on any atom is -0.310 e. The number of aryl methyl sites for hydroxylation is 1. The molecule has 0 aromatic carbocycles. The average Bonchev–Trinajstić information content (AvgIpc) is 2.95. The first-order chi connectivity index (χ1) is 8.31. The summed E-state index contributed by atoms with van der Waals surface area (Å²) in [5.74, 6) is 0. The molecule has 92 valence electrons. The Morgan fingerprint density at radius 2 is 2.18 bits per heavy atom. The van der Waals surface area contributed by atoms with Crippen LogP contribution in [0.25, 0.3) is 0 Å². The van der Waals surface area contributed by atoms with Crippen molar-refractivity contribution in [2.45, 2.75) is 32.7 Å². The van der Waals surface area contributed by atoms with E-state index in [1.54, 1.807) is 11.3 Å². The van der Waals surface area contributed by atoms with Crippen LogP contribution < -0.4 is 5.32 Å². The Morgan fingerprint density at radius 1 is 1.29 bits per heavy atom. The van der Waals surface area contributed by atoms with Crippen LogP contribution in [0.5, 0.6) is 0 Å². The summed E-state index contributed by atoms with van der Waals surface area (Å²) < 4.78 is 0. The summed E-state index contributed by atoms with van der Waals surface area (Å²) in [5.41, 5.74) is 2.91. The molecule has 2 heterocycles. The van der Waals surface area contributed by atoms with E-state index in [0.29, 0.717) is 6.04 Å². The summed E-state index contributed by atoms with van der Waals surface area (Å²) in [6.45, 7) is 5.52. The van der Waals surface area contributed by atoms with E-state index >= 15 is 0 Å². The Kier molecular flexibility index (Phi) is 4.77. The lowest BCUT2D eigenvalue weighted by molar-refractivity contribution is 0.529. The Bertz CT molecular complexity index is 431. The molecule has 0 aliphatic heterocycles. The third-order valence-electron chi connectivity index (χ3n) is 2.94. The molecular formula is C14H19NS2. The monoisotopic (exact) mass is 265 g/mol. The van der Waals surface area contributed by atoms with E-state index in [0.717, 1.165) is 13.0 Å². The first-order valence-corrected chi connectivity index (χ1v) is 7.92. The molecule has 17 heavy (non-hydrogen) atoms. The molecule has 0 aliphatic carbocycles. The number of hydrogen-bond acceptors (Lipinski definition) is 3. The number of thiophene rings is 2. The first kappa shape index (κ1) is 12.8. The van der Waals surface area contributed by atoms with Crippen LogP contribution in [0.2, 0.25) is 0 Å². The molecule has 0 saturated heterocycles. The van der Waals surface area contributed by atoms with Gasteiger partial charge in [-0.05, 0) is 65.7 Å². The van der Waals surface area contributed by atoms with Gasteiger partial charge in [-0.3, -0.25) is 0 Å². The highest BCUT2D eigenvalue weighted by Crippen LogP contribution is 2.26. The van der Waals surface area contributed by atoms with Gasteiger partial charge in [0.2, 0.25) is 0 Å². The summed E-state index contributed by atoms with van der Waals surface area (Å²) in [6, 6.07) is 4.96. The normalized spacial score (nSPS) is 12.8. The van der Waals surface area contributed by atoms with E-state index in [2.05, 4.69) is 47.4 Å². The van der Waals surface area contributed by atoms with Crippen molar-refractivity contribution in [1.29, 1.82) is 0 Å². The minimum absolute atomic E-state index is 0.468. The second-order valence-corrected chi connectivity index (χ2v) is 6.17. The first-order valence-electron chi connectivity index (χ1n) is 6.09. The molecule has 0 aliphatic rings. The SMILES string of the molecule is CCCNC(Cc1ccsc1)c1ccsc1C. The predicted molar refractivity (Wildman–Crippen MR) is 78.1 cm³/mol. The van der Waals surface area contributed by atoms with E-state index in [-0.39, 0.29) is 0 Å². The molecule has 2 aromatic rings. The quantitative estimate of drug-likeness (QED) is 0.816. The molecule has 3 heteroatoms. The van der Waals surface area contributed by atoms with Gasteiger partial charge in [0, 0.05) is 10.9 Å². The molecule has 0 fully saturated rings. The van der Waals surface area contributed by atoms with E-state index in [1.165, 1.54) is 22.4 Å². The third-order valence-corrected chi connectivity index (χ3v) is 4.53. The molecule has 2 rings (SSSR count). The van der Waals surface area contributed by atoms with Gasteiger partial charge in [0.05, 0.1) is 0 Å². The summed E-state index contributed by atoms with van der Waals surface area (Å²) in [5, 5.41) is 10.3. The highest BCUT2D eigenvalue weighted by atomic mass is 32.1. The van der Waals surface area contributed by atoms with Crippen LogP contribution in [0.3, 0.4) is 0 Å². The standard InChI is InChI=1S/C14H19NS2/c1-3-6-15-14(9-12-4-7-16-10-12)13-5-8-17-11(13)2/h4-5,7-8,10,14-15H,3,6,9H2,1-2H3.